The Labute approximate surface area is 97.3 Å². The first kappa shape index (κ1) is 10.7. The van der Waals surface area contributed by atoms with Gasteiger partial charge in [0.25, 0.3) is 0 Å². The van der Waals surface area contributed by atoms with Crippen LogP contribution < -0.4 is 0 Å². The average Bonchev–Trinajstić information content (AvgIpc) is 2.31. The highest BCUT2D eigenvalue weighted by atomic mass is 14.2. The normalized spacial score (nSPS) is 10.4. The van der Waals surface area contributed by atoms with Crippen LogP contribution >= 0.6 is 0 Å². The molecule has 16 heavy (non-hydrogen) atoms. The molecule has 0 heterocycles. The van der Waals surface area contributed by atoms with Crippen molar-refractivity contribution in [1.29, 1.82) is 0 Å². The van der Waals surface area contributed by atoms with Gasteiger partial charge in [-0.25, -0.2) is 0 Å². The molecule has 0 atom stereocenters. The molecule has 2 aromatic rings. The zero-order valence-electron chi connectivity index (χ0n) is 9.56. The molecule has 0 spiro atoms. The molecular weight excluding hydrogens is 192 g/mol. The molecule has 0 heteroatoms. The Morgan fingerprint density at radius 1 is 0.812 bits per heavy atom. The van der Waals surface area contributed by atoms with Gasteiger partial charge in [-0.2, -0.15) is 0 Å². The van der Waals surface area contributed by atoms with Crippen molar-refractivity contribution >= 4 is 0 Å². The van der Waals surface area contributed by atoms with Gasteiger partial charge in [0.2, 0.25) is 0 Å². The van der Waals surface area contributed by atoms with Crippen molar-refractivity contribution in [2.45, 2.75) is 12.8 Å². The zero-order chi connectivity index (χ0) is 11.4. The molecule has 0 saturated carbocycles. The molecule has 2 aromatic carbocycles. The number of benzene rings is 2. The van der Waals surface area contributed by atoms with Gasteiger partial charge in [0.1, 0.15) is 0 Å². The quantitative estimate of drug-likeness (QED) is 0.656. The number of rotatable bonds is 3. The molecule has 2 rings (SSSR count). The first-order chi connectivity index (χ1) is 7.79. The van der Waals surface area contributed by atoms with Crippen LogP contribution in [0.1, 0.15) is 24.0 Å². The Hall–Kier alpha value is -1.82. The fourth-order valence-electron chi connectivity index (χ4n) is 2.05. The van der Waals surface area contributed by atoms with Gasteiger partial charge in [-0.05, 0) is 18.1 Å². The lowest BCUT2D eigenvalue weighted by molar-refractivity contribution is 0.952. The van der Waals surface area contributed by atoms with Gasteiger partial charge < -0.3 is 0 Å². The smallest absolute Gasteiger partial charge is 0.0293 e. The topological polar surface area (TPSA) is 0 Å². The monoisotopic (exact) mass is 208 g/mol. The maximum Gasteiger partial charge on any atom is 0.0293 e. The van der Waals surface area contributed by atoms with Crippen LogP contribution in [0.2, 0.25) is 0 Å². The molecule has 0 aliphatic heterocycles. The molecule has 80 valence electrons. The molecule has 0 unspecified atom stereocenters. The van der Waals surface area contributed by atoms with Gasteiger partial charge in [-0.1, -0.05) is 72.8 Å². The molecule has 0 radical (unpaired) electrons. The van der Waals surface area contributed by atoms with Crippen LogP contribution in [0.3, 0.4) is 0 Å². The summed E-state index contributed by atoms with van der Waals surface area (Å²) in [4.78, 5) is 0. The SMILES string of the molecule is C=C(C)C(c1ccccc1)c1ccccc1. The molecular formula is C16H16. The van der Waals surface area contributed by atoms with E-state index in [9.17, 15) is 0 Å². The van der Waals surface area contributed by atoms with Crippen LogP contribution in [0, 0.1) is 0 Å². The van der Waals surface area contributed by atoms with Crippen molar-refractivity contribution in [3.63, 3.8) is 0 Å². The van der Waals surface area contributed by atoms with Gasteiger partial charge in [0, 0.05) is 5.92 Å². The van der Waals surface area contributed by atoms with Gasteiger partial charge in [-0.15, -0.1) is 0 Å². The van der Waals surface area contributed by atoms with Gasteiger partial charge in [0.15, 0.2) is 0 Å². The van der Waals surface area contributed by atoms with E-state index in [0.29, 0.717) is 5.92 Å². The molecule has 0 aliphatic rings. The van der Waals surface area contributed by atoms with Crippen molar-refractivity contribution in [3.8, 4) is 0 Å². The minimum Gasteiger partial charge on any atom is -0.0992 e. The van der Waals surface area contributed by atoms with E-state index >= 15 is 0 Å². The highest BCUT2D eigenvalue weighted by Crippen LogP contribution is 2.30. The van der Waals surface area contributed by atoms with E-state index in [-0.39, 0.29) is 0 Å². The molecule has 0 bridgehead atoms. The third kappa shape index (κ3) is 2.22. The maximum atomic E-state index is 4.11. The summed E-state index contributed by atoms with van der Waals surface area (Å²) in [7, 11) is 0. The largest absolute Gasteiger partial charge is 0.0992 e. The molecule has 0 N–H and O–H groups in total. The summed E-state index contributed by atoms with van der Waals surface area (Å²) in [6.45, 7) is 6.20. The summed E-state index contributed by atoms with van der Waals surface area (Å²) < 4.78 is 0. The van der Waals surface area contributed by atoms with Crippen LogP contribution in [-0.2, 0) is 0 Å². The van der Waals surface area contributed by atoms with Crippen LogP contribution in [-0.4, -0.2) is 0 Å². The van der Waals surface area contributed by atoms with Crippen LogP contribution in [0.4, 0.5) is 0 Å². The second kappa shape index (κ2) is 4.80. The number of hydrogen-bond acceptors (Lipinski definition) is 0. The van der Waals surface area contributed by atoms with E-state index in [4.69, 9.17) is 0 Å². The standard InChI is InChI=1S/C16H16/c1-13(2)16(14-9-5-3-6-10-14)15-11-7-4-8-12-15/h3-12,16H,1H2,2H3. The van der Waals surface area contributed by atoms with Crippen LogP contribution in [0.25, 0.3) is 0 Å². The minimum absolute atomic E-state index is 0.308. The van der Waals surface area contributed by atoms with E-state index in [1.807, 2.05) is 12.1 Å². The third-order valence-electron chi connectivity index (χ3n) is 2.76. The fourth-order valence-corrected chi connectivity index (χ4v) is 2.05. The molecule has 0 saturated heterocycles. The minimum atomic E-state index is 0.308. The first-order valence-electron chi connectivity index (χ1n) is 5.54. The van der Waals surface area contributed by atoms with E-state index in [1.165, 1.54) is 16.7 Å². The fraction of sp³-hybridized carbons (Fsp3) is 0.125. The lowest BCUT2D eigenvalue weighted by Gasteiger charge is -2.18. The lowest BCUT2D eigenvalue weighted by Crippen LogP contribution is -2.01. The number of hydrogen-bond donors (Lipinski definition) is 0. The molecule has 0 fully saturated rings. The predicted octanol–water partition coefficient (Wildman–Crippen LogP) is 4.39. The molecule has 0 nitrogen and oxygen atoms in total. The van der Waals surface area contributed by atoms with E-state index in [2.05, 4.69) is 62.0 Å². The first-order valence-corrected chi connectivity index (χ1v) is 5.54. The second-order valence-electron chi connectivity index (χ2n) is 4.10. The second-order valence-corrected chi connectivity index (χ2v) is 4.10. The number of allylic oxidation sites excluding steroid dienone is 1. The Morgan fingerprint density at radius 2 is 1.19 bits per heavy atom. The Bertz CT molecular complexity index is 414. The maximum absolute atomic E-state index is 4.11. The molecule has 0 aromatic heterocycles. The summed E-state index contributed by atoms with van der Waals surface area (Å²) in [6.07, 6.45) is 0. The van der Waals surface area contributed by atoms with Crippen LogP contribution in [0.15, 0.2) is 72.8 Å². The van der Waals surface area contributed by atoms with Crippen molar-refractivity contribution in [3.05, 3.63) is 83.9 Å². The highest BCUT2D eigenvalue weighted by Gasteiger charge is 2.13. The summed E-state index contributed by atoms with van der Waals surface area (Å²) in [6, 6.07) is 21.0. The lowest BCUT2D eigenvalue weighted by atomic mass is 9.86. The van der Waals surface area contributed by atoms with E-state index in [1.54, 1.807) is 0 Å². The summed E-state index contributed by atoms with van der Waals surface area (Å²) in [5, 5.41) is 0. The summed E-state index contributed by atoms with van der Waals surface area (Å²) in [5.74, 6) is 0.308. The predicted molar refractivity (Wildman–Crippen MR) is 69.5 cm³/mol. The van der Waals surface area contributed by atoms with Crippen LogP contribution in [0.5, 0.6) is 0 Å². The van der Waals surface area contributed by atoms with Crippen molar-refractivity contribution in [2.24, 2.45) is 0 Å². The average molecular weight is 208 g/mol. The van der Waals surface area contributed by atoms with Crippen molar-refractivity contribution < 1.29 is 0 Å². The molecule has 0 aliphatic carbocycles. The van der Waals surface area contributed by atoms with Gasteiger partial charge in [0.05, 0.1) is 0 Å². The van der Waals surface area contributed by atoms with Crippen molar-refractivity contribution in [1.82, 2.24) is 0 Å². The zero-order valence-corrected chi connectivity index (χ0v) is 9.56. The summed E-state index contributed by atoms with van der Waals surface area (Å²) in [5.41, 5.74) is 3.79. The Balaban J connectivity index is 2.44. The van der Waals surface area contributed by atoms with E-state index < -0.39 is 0 Å². The third-order valence-corrected chi connectivity index (χ3v) is 2.76. The highest BCUT2D eigenvalue weighted by molar-refractivity contribution is 5.39. The van der Waals surface area contributed by atoms with Crippen molar-refractivity contribution in [2.75, 3.05) is 0 Å². The summed E-state index contributed by atoms with van der Waals surface area (Å²) >= 11 is 0. The molecule has 0 amide bonds. The van der Waals surface area contributed by atoms with Gasteiger partial charge >= 0.3 is 0 Å². The van der Waals surface area contributed by atoms with Gasteiger partial charge in [-0.3, -0.25) is 0 Å². The Morgan fingerprint density at radius 3 is 1.50 bits per heavy atom. The van der Waals surface area contributed by atoms with E-state index in [0.717, 1.165) is 0 Å². The Kier molecular flexibility index (Phi) is 3.21.